The van der Waals surface area contributed by atoms with Gasteiger partial charge in [0.15, 0.2) is 0 Å². The smallest absolute Gasteiger partial charge is 0.408 e. The van der Waals surface area contributed by atoms with Crippen molar-refractivity contribution in [1.29, 1.82) is 0 Å². The quantitative estimate of drug-likeness (QED) is 0.687. The number of amides is 2. The molecular formula is C14H18N2O4. The van der Waals surface area contributed by atoms with Crippen molar-refractivity contribution in [2.75, 3.05) is 11.9 Å². The predicted octanol–water partition coefficient (Wildman–Crippen LogP) is 1.42. The zero-order valence-electron chi connectivity index (χ0n) is 11.3. The maximum atomic E-state index is 11.8. The Morgan fingerprint density at radius 2 is 2.05 bits per heavy atom. The van der Waals surface area contributed by atoms with Crippen molar-refractivity contribution in [1.82, 2.24) is 5.32 Å². The van der Waals surface area contributed by atoms with Gasteiger partial charge < -0.3 is 20.5 Å². The number of hydrogen-bond donors (Lipinski definition) is 3. The Morgan fingerprint density at radius 3 is 2.60 bits per heavy atom. The van der Waals surface area contributed by atoms with Gasteiger partial charge in [0.25, 0.3) is 0 Å². The molecule has 1 atom stereocenters. The number of nitrogens with one attached hydrogen (secondary N) is 2. The molecular weight excluding hydrogens is 260 g/mol. The van der Waals surface area contributed by atoms with E-state index in [1.54, 1.807) is 31.2 Å². The summed E-state index contributed by atoms with van der Waals surface area (Å²) < 4.78 is 4.72. The lowest BCUT2D eigenvalue weighted by Gasteiger charge is -2.14. The summed E-state index contributed by atoms with van der Waals surface area (Å²) in [5, 5.41) is 14.0. The van der Waals surface area contributed by atoms with Crippen molar-refractivity contribution >= 4 is 17.7 Å². The van der Waals surface area contributed by atoms with E-state index in [9.17, 15) is 9.59 Å². The number of benzene rings is 1. The normalized spacial score (nSPS) is 11.3. The second kappa shape index (κ2) is 7.96. The standard InChI is InChI=1S/C14H18N2O4/c1-3-8-20-14(19)15-10(2)13(18)16-12-6-4-11(9-17)5-7-12/h3-7,10,17H,1,8-9H2,2H3,(H,15,19)(H,16,18)/t10-/m0/s1. The highest BCUT2D eigenvalue weighted by Gasteiger charge is 2.16. The Labute approximate surface area is 117 Å². The van der Waals surface area contributed by atoms with Crippen LogP contribution in [-0.4, -0.2) is 29.8 Å². The molecule has 0 aliphatic carbocycles. The van der Waals surface area contributed by atoms with Gasteiger partial charge in [-0.1, -0.05) is 24.8 Å². The van der Waals surface area contributed by atoms with E-state index in [0.29, 0.717) is 5.69 Å². The monoisotopic (exact) mass is 278 g/mol. The van der Waals surface area contributed by atoms with Gasteiger partial charge in [0.1, 0.15) is 12.6 Å². The zero-order chi connectivity index (χ0) is 15.0. The molecule has 0 bridgehead atoms. The second-order valence-electron chi connectivity index (χ2n) is 4.10. The Kier molecular flexibility index (Phi) is 6.25. The first kappa shape index (κ1) is 15.7. The summed E-state index contributed by atoms with van der Waals surface area (Å²) in [4.78, 5) is 23.1. The fourth-order valence-corrected chi connectivity index (χ4v) is 1.36. The van der Waals surface area contributed by atoms with Gasteiger partial charge in [-0.25, -0.2) is 4.79 Å². The highest BCUT2D eigenvalue weighted by Crippen LogP contribution is 2.09. The third kappa shape index (κ3) is 5.11. The Bertz CT molecular complexity index is 471. The van der Waals surface area contributed by atoms with Crippen LogP contribution in [0.3, 0.4) is 0 Å². The molecule has 0 unspecified atom stereocenters. The fourth-order valence-electron chi connectivity index (χ4n) is 1.36. The molecule has 1 aromatic rings. The van der Waals surface area contributed by atoms with E-state index in [0.717, 1.165) is 5.56 Å². The number of hydrogen-bond acceptors (Lipinski definition) is 4. The number of aliphatic hydroxyl groups is 1. The van der Waals surface area contributed by atoms with Crippen LogP contribution in [0.25, 0.3) is 0 Å². The molecule has 0 saturated heterocycles. The number of aliphatic hydroxyl groups excluding tert-OH is 1. The Balaban J connectivity index is 2.48. The summed E-state index contributed by atoms with van der Waals surface area (Å²) in [6, 6.07) is 6.01. The second-order valence-corrected chi connectivity index (χ2v) is 4.10. The van der Waals surface area contributed by atoms with Crippen LogP contribution in [-0.2, 0) is 16.1 Å². The van der Waals surface area contributed by atoms with Crippen molar-refractivity contribution in [2.24, 2.45) is 0 Å². The van der Waals surface area contributed by atoms with Crippen molar-refractivity contribution in [3.05, 3.63) is 42.5 Å². The summed E-state index contributed by atoms with van der Waals surface area (Å²) in [7, 11) is 0. The SMILES string of the molecule is C=CCOC(=O)N[C@@H](C)C(=O)Nc1ccc(CO)cc1. The van der Waals surface area contributed by atoms with Crippen LogP contribution in [0.2, 0.25) is 0 Å². The first-order valence-electron chi connectivity index (χ1n) is 6.11. The highest BCUT2D eigenvalue weighted by molar-refractivity contribution is 5.96. The molecule has 0 saturated carbocycles. The van der Waals surface area contributed by atoms with E-state index in [4.69, 9.17) is 9.84 Å². The highest BCUT2D eigenvalue weighted by atomic mass is 16.5. The molecule has 1 rings (SSSR count). The van der Waals surface area contributed by atoms with Gasteiger partial charge in [-0.3, -0.25) is 4.79 Å². The molecule has 20 heavy (non-hydrogen) atoms. The lowest BCUT2D eigenvalue weighted by molar-refractivity contribution is -0.117. The van der Waals surface area contributed by atoms with Crippen LogP contribution in [0.5, 0.6) is 0 Å². The number of carbonyl (C=O) groups excluding carboxylic acids is 2. The molecule has 0 spiro atoms. The minimum atomic E-state index is -0.732. The molecule has 6 heteroatoms. The van der Waals surface area contributed by atoms with Gasteiger partial charge in [0.05, 0.1) is 6.61 Å². The number of alkyl carbamates (subject to hydrolysis) is 1. The predicted molar refractivity (Wildman–Crippen MR) is 75.1 cm³/mol. The van der Waals surface area contributed by atoms with Crippen molar-refractivity contribution in [3.63, 3.8) is 0 Å². The summed E-state index contributed by atoms with van der Waals surface area (Å²) >= 11 is 0. The van der Waals surface area contributed by atoms with Crippen LogP contribution < -0.4 is 10.6 Å². The first-order chi connectivity index (χ1) is 9.56. The van der Waals surface area contributed by atoms with E-state index in [2.05, 4.69) is 17.2 Å². The van der Waals surface area contributed by atoms with E-state index < -0.39 is 12.1 Å². The maximum Gasteiger partial charge on any atom is 0.408 e. The summed E-state index contributed by atoms with van der Waals surface area (Å²) in [5.74, 6) is -0.364. The van der Waals surface area contributed by atoms with Gasteiger partial charge in [0, 0.05) is 5.69 Å². The molecule has 0 fully saturated rings. The fraction of sp³-hybridized carbons (Fsp3) is 0.286. The molecule has 0 radical (unpaired) electrons. The number of carbonyl (C=O) groups is 2. The van der Waals surface area contributed by atoms with Gasteiger partial charge in [-0.05, 0) is 24.6 Å². The number of ether oxygens (including phenoxy) is 1. The average molecular weight is 278 g/mol. The van der Waals surface area contributed by atoms with E-state index in [1.165, 1.54) is 6.08 Å². The lowest BCUT2D eigenvalue weighted by atomic mass is 10.2. The Morgan fingerprint density at radius 1 is 1.40 bits per heavy atom. The largest absolute Gasteiger partial charge is 0.445 e. The third-order valence-corrected chi connectivity index (χ3v) is 2.46. The van der Waals surface area contributed by atoms with Crippen LogP contribution in [0, 0.1) is 0 Å². The molecule has 3 N–H and O–H groups in total. The molecule has 1 aromatic carbocycles. The van der Waals surface area contributed by atoms with Crippen molar-refractivity contribution in [3.8, 4) is 0 Å². The number of anilines is 1. The van der Waals surface area contributed by atoms with Crippen molar-refractivity contribution in [2.45, 2.75) is 19.6 Å². The summed E-state index contributed by atoms with van der Waals surface area (Å²) in [5.41, 5.74) is 1.34. The van der Waals surface area contributed by atoms with E-state index in [-0.39, 0.29) is 19.1 Å². The Hall–Kier alpha value is -2.34. The summed E-state index contributed by atoms with van der Waals surface area (Å²) in [6.07, 6.45) is 0.760. The van der Waals surface area contributed by atoms with Gasteiger partial charge in [-0.15, -0.1) is 0 Å². The third-order valence-electron chi connectivity index (χ3n) is 2.46. The maximum absolute atomic E-state index is 11.8. The van der Waals surface area contributed by atoms with Crippen LogP contribution in [0.1, 0.15) is 12.5 Å². The minimum Gasteiger partial charge on any atom is -0.445 e. The topological polar surface area (TPSA) is 87.7 Å². The minimum absolute atomic E-state index is 0.0542. The van der Waals surface area contributed by atoms with Gasteiger partial charge >= 0.3 is 6.09 Å². The average Bonchev–Trinajstić information content (AvgIpc) is 2.45. The van der Waals surface area contributed by atoms with Crippen LogP contribution in [0.4, 0.5) is 10.5 Å². The van der Waals surface area contributed by atoms with Crippen molar-refractivity contribution < 1.29 is 19.4 Å². The molecule has 0 aliphatic heterocycles. The van der Waals surface area contributed by atoms with E-state index in [1.807, 2.05) is 0 Å². The molecule has 2 amide bonds. The van der Waals surface area contributed by atoms with Gasteiger partial charge in [0.2, 0.25) is 5.91 Å². The summed E-state index contributed by atoms with van der Waals surface area (Å²) in [6.45, 7) is 4.99. The van der Waals surface area contributed by atoms with Gasteiger partial charge in [-0.2, -0.15) is 0 Å². The molecule has 0 aromatic heterocycles. The molecule has 0 heterocycles. The molecule has 108 valence electrons. The number of rotatable bonds is 6. The molecule has 0 aliphatic rings. The molecule has 6 nitrogen and oxygen atoms in total. The first-order valence-corrected chi connectivity index (χ1v) is 6.11. The zero-order valence-corrected chi connectivity index (χ0v) is 11.3. The van der Waals surface area contributed by atoms with Crippen LogP contribution >= 0.6 is 0 Å². The lowest BCUT2D eigenvalue weighted by Crippen LogP contribution is -2.41. The van der Waals surface area contributed by atoms with E-state index >= 15 is 0 Å². The van der Waals surface area contributed by atoms with Crippen LogP contribution in [0.15, 0.2) is 36.9 Å².